The van der Waals surface area contributed by atoms with Gasteiger partial charge in [-0.05, 0) is 12.8 Å². The van der Waals surface area contributed by atoms with Gasteiger partial charge in [0.15, 0.2) is 0 Å². The Morgan fingerprint density at radius 1 is 1.29 bits per heavy atom. The minimum Gasteiger partial charge on any atom is -0.340 e. The number of nitrogens with one attached hydrogen (secondary N) is 2. The molecule has 0 aromatic heterocycles. The Morgan fingerprint density at radius 3 is 2.82 bits per heavy atom. The number of hydrogen-bond acceptors (Lipinski definition) is 1. The Balaban J connectivity index is 1.86. The van der Waals surface area contributed by atoms with Crippen LogP contribution in [0.3, 0.4) is 0 Å². The first-order chi connectivity index (χ1) is 8.18. The minimum absolute atomic E-state index is 0.416. The summed E-state index contributed by atoms with van der Waals surface area (Å²) in [5.41, 5.74) is 0. The Morgan fingerprint density at radius 2 is 2.06 bits per heavy atom. The van der Waals surface area contributed by atoms with Crippen LogP contribution in [0.15, 0.2) is 0 Å². The molecule has 1 saturated heterocycles. The van der Waals surface area contributed by atoms with Crippen LogP contribution >= 0.6 is 0 Å². The smallest absolute Gasteiger partial charge is 0.147 e. The van der Waals surface area contributed by atoms with Gasteiger partial charge in [0.25, 0.3) is 0 Å². The molecule has 3 heteroatoms. The van der Waals surface area contributed by atoms with Crippen molar-refractivity contribution in [2.75, 3.05) is 33.7 Å². The molecule has 3 atom stereocenters. The molecule has 1 aliphatic carbocycles. The van der Waals surface area contributed by atoms with Crippen LogP contribution in [0.2, 0.25) is 0 Å². The van der Waals surface area contributed by atoms with Gasteiger partial charge in [-0.15, -0.1) is 0 Å². The van der Waals surface area contributed by atoms with Crippen LogP contribution in [0.4, 0.5) is 0 Å². The number of piperidine rings is 1. The monoisotopic (exact) mass is 240 g/mol. The second-order valence-electron chi connectivity index (χ2n) is 6.18. The summed E-state index contributed by atoms with van der Waals surface area (Å²) in [4.78, 5) is 15.2. The number of ketones is 1. The lowest BCUT2D eigenvalue weighted by Crippen LogP contribution is -3.18. The van der Waals surface area contributed by atoms with Crippen LogP contribution in [-0.4, -0.2) is 45.6 Å². The number of rotatable bonds is 4. The van der Waals surface area contributed by atoms with Crippen molar-refractivity contribution in [3.63, 3.8) is 0 Å². The fraction of sp³-hybridized carbons (Fsp3) is 0.929. The molecule has 0 spiro atoms. The molecule has 1 aliphatic heterocycles. The van der Waals surface area contributed by atoms with E-state index in [1.54, 1.807) is 4.90 Å². The zero-order valence-corrected chi connectivity index (χ0v) is 11.4. The van der Waals surface area contributed by atoms with Crippen molar-refractivity contribution in [1.29, 1.82) is 0 Å². The van der Waals surface area contributed by atoms with E-state index in [-0.39, 0.29) is 0 Å². The van der Waals surface area contributed by atoms with E-state index in [2.05, 4.69) is 14.1 Å². The molecule has 0 aromatic carbocycles. The topological polar surface area (TPSA) is 26.0 Å². The maximum atomic E-state index is 11.9. The predicted octanol–water partition coefficient (Wildman–Crippen LogP) is -1.06. The molecule has 0 amide bonds. The summed E-state index contributed by atoms with van der Waals surface area (Å²) in [5, 5.41) is 0. The minimum atomic E-state index is 0.416. The molecule has 17 heavy (non-hydrogen) atoms. The van der Waals surface area contributed by atoms with E-state index < -0.39 is 0 Å². The van der Waals surface area contributed by atoms with Gasteiger partial charge in [0.1, 0.15) is 5.78 Å². The van der Waals surface area contributed by atoms with E-state index in [1.165, 1.54) is 50.1 Å². The van der Waals surface area contributed by atoms with Gasteiger partial charge in [0, 0.05) is 12.8 Å². The van der Waals surface area contributed by atoms with Crippen molar-refractivity contribution in [1.82, 2.24) is 0 Å². The molecular formula is C14H28N2O+2. The number of hydrogen-bond donors (Lipinski definition) is 2. The lowest BCUT2D eigenvalue weighted by molar-refractivity contribution is -0.936. The van der Waals surface area contributed by atoms with Crippen LogP contribution < -0.4 is 9.80 Å². The van der Waals surface area contributed by atoms with Crippen molar-refractivity contribution in [2.24, 2.45) is 5.92 Å². The van der Waals surface area contributed by atoms with Crippen LogP contribution in [0.5, 0.6) is 0 Å². The molecule has 3 nitrogen and oxygen atoms in total. The van der Waals surface area contributed by atoms with E-state index in [0.717, 1.165) is 13.0 Å². The van der Waals surface area contributed by atoms with Crippen molar-refractivity contribution in [2.45, 2.75) is 44.6 Å². The van der Waals surface area contributed by atoms with Crippen LogP contribution in [0, 0.1) is 5.92 Å². The van der Waals surface area contributed by atoms with Gasteiger partial charge in [0.05, 0.1) is 52.1 Å². The average molecular weight is 240 g/mol. The molecule has 2 fully saturated rings. The number of quaternary nitrogens is 2. The SMILES string of the molecule is C[NH+](C)CCC[NH+]1CCC(=O)[C@H]2CCCC[C@H]21. The molecule has 1 heterocycles. The zero-order chi connectivity index (χ0) is 12.3. The number of Topliss-reactive ketones (excluding diaryl/α,β-unsaturated/α-hetero) is 1. The van der Waals surface area contributed by atoms with Crippen LogP contribution in [0.25, 0.3) is 0 Å². The fourth-order valence-electron chi connectivity index (χ4n) is 3.64. The van der Waals surface area contributed by atoms with Crippen molar-refractivity contribution in [3.05, 3.63) is 0 Å². The van der Waals surface area contributed by atoms with Gasteiger partial charge >= 0.3 is 0 Å². The summed E-state index contributed by atoms with van der Waals surface area (Å²) in [5.74, 6) is 0.982. The van der Waals surface area contributed by atoms with E-state index in [1.807, 2.05) is 0 Å². The Kier molecular flexibility index (Phi) is 4.57. The molecule has 98 valence electrons. The molecule has 2 rings (SSSR count). The van der Waals surface area contributed by atoms with Crippen LogP contribution in [-0.2, 0) is 4.79 Å². The number of carbonyl (C=O) groups excluding carboxylic acids is 1. The first-order valence-electron chi connectivity index (χ1n) is 7.35. The molecular weight excluding hydrogens is 212 g/mol. The Bertz CT molecular complexity index is 265. The van der Waals surface area contributed by atoms with Crippen molar-refractivity contribution >= 4 is 5.78 Å². The zero-order valence-electron chi connectivity index (χ0n) is 11.4. The summed E-state index contributed by atoms with van der Waals surface area (Å²) in [7, 11) is 4.44. The van der Waals surface area contributed by atoms with E-state index in [4.69, 9.17) is 0 Å². The van der Waals surface area contributed by atoms with E-state index in [9.17, 15) is 4.79 Å². The van der Waals surface area contributed by atoms with Gasteiger partial charge in [-0.3, -0.25) is 4.79 Å². The maximum Gasteiger partial charge on any atom is 0.147 e. The maximum absolute atomic E-state index is 11.9. The highest BCUT2D eigenvalue weighted by atomic mass is 16.1. The number of likely N-dealkylation sites (tertiary alicyclic amines) is 1. The standard InChI is InChI=1S/C14H26N2O/c1-15(2)9-5-10-16-11-8-14(17)12-6-3-4-7-13(12)16/h12-13H,3-11H2,1-2H3/p+2/t12-,13+/m0/s1. The van der Waals surface area contributed by atoms with E-state index in [0.29, 0.717) is 17.7 Å². The third-order valence-electron chi connectivity index (χ3n) is 4.57. The highest BCUT2D eigenvalue weighted by Gasteiger charge is 2.41. The van der Waals surface area contributed by atoms with E-state index >= 15 is 0 Å². The Labute approximate surface area is 105 Å². The molecule has 0 radical (unpaired) electrons. The lowest BCUT2D eigenvalue weighted by atomic mass is 9.77. The Hall–Kier alpha value is -0.410. The normalized spacial score (nSPS) is 33.8. The summed E-state index contributed by atoms with van der Waals surface area (Å²) >= 11 is 0. The molecule has 0 bridgehead atoms. The first-order valence-corrected chi connectivity index (χ1v) is 7.35. The summed E-state index contributed by atoms with van der Waals surface area (Å²) < 4.78 is 0. The van der Waals surface area contributed by atoms with Gasteiger partial charge in [-0.25, -0.2) is 0 Å². The van der Waals surface area contributed by atoms with Gasteiger partial charge < -0.3 is 9.80 Å². The second kappa shape index (κ2) is 5.96. The van der Waals surface area contributed by atoms with Crippen molar-refractivity contribution < 1.29 is 14.6 Å². The molecule has 1 unspecified atom stereocenters. The average Bonchev–Trinajstić information content (AvgIpc) is 2.32. The molecule has 0 aromatic rings. The highest BCUT2D eigenvalue weighted by molar-refractivity contribution is 5.82. The fourth-order valence-corrected chi connectivity index (χ4v) is 3.64. The highest BCUT2D eigenvalue weighted by Crippen LogP contribution is 2.26. The first kappa shape index (κ1) is 13.0. The third-order valence-corrected chi connectivity index (χ3v) is 4.57. The predicted molar refractivity (Wildman–Crippen MR) is 68.4 cm³/mol. The third kappa shape index (κ3) is 3.29. The number of carbonyl (C=O) groups is 1. The van der Waals surface area contributed by atoms with Crippen molar-refractivity contribution in [3.8, 4) is 0 Å². The molecule has 2 aliphatic rings. The largest absolute Gasteiger partial charge is 0.340 e. The van der Waals surface area contributed by atoms with Gasteiger partial charge in [-0.1, -0.05) is 6.42 Å². The molecule has 1 saturated carbocycles. The van der Waals surface area contributed by atoms with Gasteiger partial charge in [-0.2, -0.15) is 0 Å². The second-order valence-corrected chi connectivity index (χ2v) is 6.18. The van der Waals surface area contributed by atoms with Gasteiger partial charge in [0.2, 0.25) is 0 Å². The van der Waals surface area contributed by atoms with Crippen LogP contribution in [0.1, 0.15) is 38.5 Å². The summed E-state index contributed by atoms with van der Waals surface area (Å²) in [6.07, 6.45) is 7.23. The quantitative estimate of drug-likeness (QED) is 0.643. The lowest BCUT2D eigenvalue weighted by Gasteiger charge is -2.40. The molecule has 2 N–H and O–H groups in total. The summed E-state index contributed by atoms with van der Waals surface area (Å²) in [6.45, 7) is 3.64. The summed E-state index contributed by atoms with van der Waals surface area (Å²) in [6, 6.07) is 0.669. The number of fused-ring (bicyclic) bond motifs is 1.